The van der Waals surface area contributed by atoms with Gasteiger partial charge in [0.1, 0.15) is 12.4 Å². The molecular weight excluding hydrogens is 399 g/mol. The first kappa shape index (κ1) is 26.6. The van der Waals surface area contributed by atoms with Crippen molar-refractivity contribution < 1.29 is 28.9 Å². The number of benzene rings is 2. The number of aliphatic hydroxyl groups excluding tert-OH is 1. The fraction of sp³-hybridized carbons (Fsp3) is 0.480. The van der Waals surface area contributed by atoms with Crippen LogP contribution in [0.2, 0.25) is 0 Å². The molecule has 31 heavy (non-hydrogen) atoms. The van der Waals surface area contributed by atoms with Crippen LogP contribution in [0.4, 0.5) is 4.39 Å². The van der Waals surface area contributed by atoms with Crippen molar-refractivity contribution in [3.05, 3.63) is 54.6 Å². The Bertz CT molecular complexity index is 792. The first-order valence-electron chi connectivity index (χ1n) is 10.8. The summed E-state index contributed by atoms with van der Waals surface area (Å²) in [5.41, 5.74) is 0. The van der Waals surface area contributed by atoms with Crippen LogP contribution >= 0.6 is 0 Å². The molecule has 0 spiro atoms. The van der Waals surface area contributed by atoms with Gasteiger partial charge in [0.25, 0.3) is 0 Å². The summed E-state index contributed by atoms with van der Waals surface area (Å²) in [5, 5.41) is 21.1. The van der Waals surface area contributed by atoms with Crippen molar-refractivity contribution in [3.63, 3.8) is 0 Å². The van der Waals surface area contributed by atoms with Crippen LogP contribution in [-0.4, -0.2) is 48.8 Å². The molecule has 0 radical (unpaired) electrons. The Kier molecular flexibility index (Phi) is 13.2. The monoisotopic (exact) mass is 434 g/mol. The van der Waals surface area contributed by atoms with Crippen LogP contribution in [0.5, 0.6) is 5.75 Å². The molecule has 2 aromatic rings. The number of halogens is 1. The average molecular weight is 435 g/mol. The van der Waals surface area contributed by atoms with Gasteiger partial charge in [-0.3, -0.25) is 4.39 Å². The molecule has 3 atom stereocenters. The minimum absolute atomic E-state index is 0.153. The second kappa shape index (κ2) is 15.4. The molecule has 0 saturated heterocycles. The van der Waals surface area contributed by atoms with E-state index in [1.54, 1.807) is 12.2 Å². The van der Waals surface area contributed by atoms with Crippen LogP contribution in [0.3, 0.4) is 0 Å². The van der Waals surface area contributed by atoms with Gasteiger partial charge < -0.3 is 19.7 Å². The van der Waals surface area contributed by atoms with Gasteiger partial charge >= 0.3 is 5.97 Å². The van der Waals surface area contributed by atoms with Gasteiger partial charge in [0, 0.05) is 5.92 Å². The fourth-order valence-electron chi connectivity index (χ4n) is 3.22. The Morgan fingerprint density at radius 3 is 2.48 bits per heavy atom. The number of allylic oxidation sites excluding steroid dienone is 1. The van der Waals surface area contributed by atoms with Gasteiger partial charge in [0.2, 0.25) is 0 Å². The van der Waals surface area contributed by atoms with Crippen LogP contribution in [0.1, 0.15) is 33.6 Å². The first-order chi connectivity index (χ1) is 15.0. The first-order valence-corrected chi connectivity index (χ1v) is 10.8. The molecule has 5 nitrogen and oxygen atoms in total. The zero-order valence-corrected chi connectivity index (χ0v) is 18.7. The Hall–Kier alpha value is -2.44. The van der Waals surface area contributed by atoms with Crippen molar-refractivity contribution in [2.75, 3.05) is 26.5 Å². The lowest BCUT2D eigenvalue weighted by molar-refractivity contribution is -0.141. The van der Waals surface area contributed by atoms with E-state index in [4.69, 9.17) is 14.6 Å². The van der Waals surface area contributed by atoms with E-state index in [1.807, 2.05) is 63.2 Å². The number of alkyl halides is 1. The van der Waals surface area contributed by atoms with E-state index in [0.717, 1.165) is 10.8 Å². The number of fused-ring (bicyclic) bond motifs is 1. The quantitative estimate of drug-likeness (QED) is 0.332. The predicted molar refractivity (Wildman–Crippen MR) is 122 cm³/mol. The van der Waals surface area contributed by atoms with Gasteiger partial charge in [-0.25, -0.2) is 4.79 Å². The summed E-state index contributed by atoms with van der Waals surface area (Å²) < 4.78 is 24.5. The van der Waals surface area contributed by atoms with E-state index in [9.17, 15) is 14.3 Å². The number of aliphatic carboxylic acids is 1. The summed E-state index contributed by atoms with van der Waals surface area (Å²) in [6.45, 7) is 5.28. The smallest absolute Gasteiger partial charge is 0.329 e. The van der Waals surface area contributed by atoms with Gasteiger partial charge in [0.05, 0.1) is 26.0 Å². The van der Waals surface area contributed by atoms with Crippen LogP contribution in [0, 0.1) is 11.8 Å². The average Bonchev–Trinajstić information content (AvgIpc) is 2.80. The predicted octanol–water partition coefficient (Wildman–Crippen LogP) is 5.27. The summed E-state index contributed by atoms with van der Waals surface area (Å²) in [6.07, 6.45) is 3.68. The third-order valence-corrected chi connectivity index (χ3v) is 4.92. The van der Waals surface area contributed by atoms with Crippen LogP contribution in [0.15, 0.2) is 54.6 Å². The fourth-order valence-corrected chi connectivity index (χ4v) is 3.22. The second-order valence-electron chi connectivity index (χ2n) is 6.99. The van der Waals surface area contributed by atoms with Crippen molar-refractivity contribution in [1.82, 2.24) is 0 Å². The number of carbonyl (C=O) groups is 1. The lowest BCUT2D eigenvalue weighted by Gasteiger charge is -2.28. The molecule has 0 heterocycles. The second-order valence-corrected chi connectivity index (χ2v) is 6.99. The van der Waals surface area contributed by atoms with Gasteiger partial charge in [-0.2, -0.15) is 0 Å². The molecule has 172 valence electrons. The Morgan fingerprint density at radius 1 is 1.13 bits per heavy atom. The molecule has 0 aliphatic heterocycles. The Morgan fingerprint density at radius 2 is 1.84 bits per heavy atom. The summed E-state index contributed by atoms with van der Waals surface area (Å²) in [7, 11) is 0. The number of aliphatic hydroxyl groups is 1. The molecule has 2 rings (SSSR count). The van der Waals surface area contributed by atoms with E-state index in [0.29, 0.717) is 18.6 Å². The lowest BCUT2D eigenvalue weighted by Crippen LogP contribution is -2.33. The maximum absolute atomic E-state index is 13.7. The molecule has 2 aromatic carbocycles. The Balaban J connectivity index is 0.00000233. The molecular formula is C25H35FO5. The molecule has 0 saturated carbocycles. The minimum Gasteiger partial charge on any atom is -0.493 e. The van der Waals surface area contributed by atoms with Gasteiger partial charge in [0.15, 0.2) is 0 Å². The number of hydrogen-bond acceptors (Lipinski definition) is 4. The Labute approximate surface area is 184 Å². The molecule has 0 aromatic heterocycles. The number of rotatable bonds is 13. The maximum atomic E-state index is 13.7. The highest BCUT2D eigenvalue weighted by Gasteiger charge is 2.27. The number of ether oxygens (including phenoxy) is 2. The van der Waals surface area contributed by atoms with Gasteiger partial charge in [-0.05, 0) is 41.7 Å². The number of carboxylic acid groups (broad SMARTS) is 1. The van der Waals surface area contributed by atoms with Gasteiger partial charge in [-0.15, -0.1) is 0 Å². The largest absolute Gasteiger partial charge is 0.493 e. The molecule has 0 fully saturated rings. The molecule has 6 heteroatoms. The molecule has 0 aliphatic rings. The molecule has 0 amide bonds. The maximum Gasteiger partial charge on any atom is 0.329 e. The van der Waals surface area contributed by atoms with Crippen molar-refractivity contribution in [2.45, 2.75) is 39.7 Å². The molecule has 0 aliphatic carbocycles. The standard InChI is InChI=1S/C23H29FO5.C2H6/c1-2-22(25)21(19(14-24)9-5-6-12-28-16-23(26)27)15-29-20-11-10-17-7-3-4-8-18(17)13-20;1-2/h3-8,10-11,13,19,21-22,25H,2,9,12,14-16H2,1H3,(H,26,27);1-2H3/b6-5-;/t19-,21+,22+;/m0./s1. The SMILES string of the molecule is CC.CC[C@@H](O)[C@H](COc1ccc2ccccc2c1)[C@H](CF)C/C=C\COCC(=O)O. The van der Waals surface area contributed by atoms with Gasteiger partial charge in [-0.1, -0.05) is 63.3 Å². The molecule has 0 unspecified atom stereocenters. The number of hydrogen-bond donors (Lipinski definition) is 2. The third kappa shape index (κ3) is 9.49. The summed E-state index contributed by atoms with van der Waals surface area (Å²) in [6, 6.07) is 13.7. The summed E-state index contributed by atoms with van der Waals surface area (Å²) in [4.78, 5) is 10.4. The lowest BCUT2D eigenvalue weighted by atomic mass is 9.85. The van der Waals surface area contributed by atoms with E-state index in [1.165, 1.54) is 0 Å². The zero-order valence-electron chi connectivity index (χ0n) is 18.7. The zero-order chi connectivity index (χ0) is 23.1. The van der Waals surface area contributed by atoms with E-state index in [-0.39, 0.29) is 25.7 Å². The third-order valence-electron chi connectivity index (χ3n) is 4.92. The van der Waals surface area contributed by atoms with Crippen LogP contribution < -0.4 is 4.74 Å². The van der Waals surface area contributed by atoms with Crippen LogP contribution in [-0.2, 0) is 9.53 Å². The van der Waals surface area contributed by atoms with Crippen molar-refractivity contribution >= 4 is 16.7 Å². The minimum atomic E-state index is -1.03. The highest BCUT2D eigenvalue weighted by Crippen LogP contribution is 2.26. The van der Waals surface area contributed by atoms with Crippen molar-refractivity contribution in [1.29, 1.82) is 0 Å². The highest BCUT2D eigenvalue weighted by molar-refractivity contribution is 5.83. The summed E-state index contributed by atoms with van der Waals surface area (Å²) in [5.74, 6) is -1.11. The topological polar surface area (TPSA) is 76.0 Å². The normalized spacial score (nSPS) is 14.0. The van der Waals surface area contributed by atoms with Crippen molar-refractivity contribution in [3.8, 4) is 5.75 Å². The van der Waals surface area contributed by atoms with Crippen molar-refractivity contribution in [2.24, 2.45) is 11.8 Å². The van der Waals surface area contributed by atoms with E-state index in [2.05, 4.69) is 0 Å². The summed E-state index contributed by atoms with van der Waals surface area (Å²) >= 11 is 0. The highest BCUT2D eigenvalue weighted by atomic mass is 19.1. The van der Waals surface area contributed by atoms with Crippen LogP contribution in [0.25, 0.3) is 10.8 Å². The molecule has 2 N–H and O–H groups in total. The number of carboxylic acids is 1. The van der Waals surface area contributed by atoms with E-state index < -0.39 is 24.7 Å². The molecule has 0 bridgehead atoms. The van der Waals surface area contributed by atoms with E-state index >= 15 is 0 Å².